The topological polar surface area (TPSA) is 56.8 Å². The molecular formula is C18H18INO4. The number of benzene rings is 2. The summed E-state index contributed by atoms with van der Waals surface area (Å²) in [6.45, 7) is 4.02. The first kappa shape index (κ1) is 18.1. The zero-order valence-electron chi connectivity index (χ0n) is 13.5. The maximum atomic E-state index is 12.6. The van der Waals surface area contributed by atoms with E-state index in [-0.39, 0.29) is 5.91 Å². The lowest BCUT2D eigenvalue weighted by Gasteiger charge is -2.12. The number of carbonyl (C=O) groups excluding carboxylic acids is 1. The molecule has 0 unspecified atom stereocenters. The zero-order valence-corrected chi connectivity index (χ0v) is 15.6. The molecule has 6 heteroatoms. The first-order valence-corrected chi connectivity index (χ1v) is 8.23. The van der Waals surface area contributed by atoms with E-state index in [1.807, 2.05) is 12.1 Å². The van der Waals surface area contributed by atoms with E-state index in [0.29, 0.717) is 35.1 Å². The number of hydrogen-bond acceptors (Lipinski definition) is 4. The molecule has 2 aromatic rings. The Morgan fingerprint density at radius 2 is 1.92 bits per heavy atom. The number of methoxy groups -OCH3 is 2. The minimum absolute atomic E-state index is 0.235. The maximum absolute atomic E-state index is 12.6. The summed E-state index contributed by atoms with van der Waals surface area (Å²) in [4.78, 5) is 12.6. The molecule has 0 saturated heterocycles. The van der Waals surface area contributed by atoms with Gasteiger partial charge in [-0.1, -0.05) is 18.7 Å². The van der Waals surface area contributed by atoms with Crippen LogP contribution in [0.1, 0.15) is 10.4 Å². The van der Waals surface area contributed by atoms with E-state index in [2.05, 4.69) is 34.5 Å². The van der Waals surface area contributed by atoms with Gasteiger partial charge in [0.05, 0.1) is 19.8 Å². The quantitative estimate of drug-likeness (QED) is 0.521. The molecule has 5 nitrogen and oxygen atoms in total. The van der Waals surface area contributed by atoms with Gasteiger partial charge in [0.15, 0.2) is 11.5 Å². The van der Waals surface area contributed by atoms with Gasteiger partial charge in [-0.25, -0.2) is 0 Å². The average molecular weight is 439 g/mol. The summed E-state index contributed by atoms with van der Waals surface area (Å²) in [6.07, 6.45) is 1.66. The summed E-state index contributed by atoms with van der Waals surface area (Å²) in [7, 11) is 3.09. The number of rotatable bonds is 7. The van der Waals surface area contributed by atoms with E-state index in [9.17, 15) is 4.79 Å². The second-order valence-corrected chi connectivity index (χ2v) is 5.93. The molecule has 0 atom stereocenters. The van der Waals surface area contributed by atoms with Crippen LogP contribution in [-0.4, -0.2) is 26.7 Å². The number of halogens is 1. The van der Waals surface area contributed by atoms with E-state index >= 15 is 0 Å². The summed E-state index contributed by atoms with van der Waals surface area (Å²) >= 11 is 2.09. The van der Waals surface area contributed by atoms with Gasteiger partial charge in [0, 0.05) is 15.3 Å². The van der Waals surface area contributed by atoms with Crippen LogP contribution in [0.25, 0.3) is 0 Å². The molecule has 0 bridgehead atoms. The largest absolute Gasteiger partial charge is 0.493 e. The first-order valence-electron chi connectivity index (χ1n) is 7.15. The predicted octanol–water partition coefficient (Wildman–Crippen LogP) is 4.13. The molecule has 24 heavy (non-hydrogen) atoms. The smallest absolute Gasteiger partial charge is 0.256 e. The fourth-order valence-electron chi connectivity index (χ4n) is 2.05. The van der Waals surface area contributed by atoms with Gasteiger partial charge < -0.3 is 19.5 Å². The zero-order chi connectivity index (χ0) is 17.5. The summed E-state index contributed by atoms with van der Waals surface area (Å²) in [6, 6.07) is 10.6. The van der Waals surface area contributed by atoms with Crippen molar-refractivity contribution < 1.29 is 19.0 Å². The fraction of sp³-hybridized carbons (Fsp3) is 0.167. The second-order valence-electron chi connectivity index (χ2n) is 4.77. The highest BCUT2D eigenvalue weighted by atomic mass is 127. The molecule has 0 saturated carbocycles. The van der Waals surface area contributed by atoms with Crippen LogP contribution in [-0.2, 0) is 0 Å². The molecule has 2 aromatic carbocycles. The van der Waals surface area contributed by atoms with Crippen LogP contribution >= 0.6 is 22.6 Å². The van der Waals surface area contributed by atoms with Crippen molar-refractivity contribution in [2.24, 2.45) is 0 Å². The molecule has 0 aliphatic heterocycles. The van der Waals surface area contributed by atoms with Crippen molar-refractivity contribution in [3.63, 3.8) is 0 Å². The number of amides is 1. The van der Waals surface area contributed by atoms with Crippen molar-refractivity contribution in [1.29, 1.82) is 0 Å². The standard InChI is InChI=1S/C18H18INO4/c1-4-8-24-13-7-5-6-12(9-13)20-18(21)14-10-16(22-2)17(23-3)11-15(14)19/h4-7,9-11H,1,8H2,2-3H3,(H,20,21). The van der Waals surface area contributed by atoms with Crippen LogP contribution in [0.3, 0.4) is 0 Å². The Morgan fingerprint density at radius 3 is 2.58 bits per heavy atom. The van der Waals surface area contributed by atoms with Gasteiger partial charge in [0.2, 0.25) is 0 Å². The van der Waals surface area contributed by atoms with Crippen LogP contribution in [0.15, 0.2) is 49.1 Å². The maximum Gasteiger partial charge on any atom is 0.256 e. The van der Waals surface area contributed by atoms with Crippen LogP contribution in [0, 0.1) is 3.57 Å². The van der Waals surface area contributed by atoms with Gasteiger partial charge in [0.25, 0.3) is 5.91 Å². The highest BCUT2D eigenvalue weighted by Gasteiger charge is 2.16. The molecule has 0 aliphatic rings. The highest BCUT2D eigenvalue weighted by Crippen LogP contribution is 2.31. The number of anilines is 1. The molecular weight excluding hydrogens is 421 g/mol. The van der Waals surface area contributed by atoms with Gasteiger partial charge >= 0.3 is 0 Å². The van der Waals surface area contributed by atoms with Gasteiger partial charge in [0.1, 0.15) is 12.4 Å². The Bertz CT molecular complexity index is 746. The normalized spacial score (nSPS) is 9.96. The van der Waals surface area contributed by atoms with Crippen molar-refractivity contribution in [3.8, 4) is 17.2 Å². The lowest BCUT2D eigenvalue weighted by Crippen LogP contribution is -2.14. The molecule has 0 aromatic heterocycles. The third kappa shape index (κ3) is 4.41. The molecule has 1 amide bonds. The Hall–Kier alpha value is -2.22. The SMILES string of the molecule is C=CCOc1cccc(NC(=O)c2cc(OC)c(OC)cc2I)c1. The summed E-state index contributed by atoms with van der Waals surface area (Å²) < 4.78 is 16.7. The molecule has 0 heterocycles. The minimum Gasteiger partial charge on any atom is -0.493 e. The Morgan fingerprint density at radius 1 is 1.21 bits per heavy atom. The number of carbonyl (C=O) groups is 1. The Kier molecular flexibility index (Phi) is 6.48. The number of nitrogens with one attached hydrogen (secondary N) is 1. The summed E-state index contributed by atoms with van der Waals surface area (Å²) in [5.41, 5.74) is 1.15. The van der Waals surface area contributed by atoms with Crippen LogP contribution in [0.2, 0.25) is 0 Å². The molecule has 0 radical (unpaired) electrons. The average Bonchev–Trinajstić information content (AvgIpc) is 2.59. The van der Waals surface area contributed by atoms with Crippen molar-refractivity contribution in [2.45, 2.75) is 0 Å². The molecule has 0 aliphatic carbocycles. The van der Waals surface area contributed by atoms with Gasteiger partial charge in [-0.05, 0) is 46.9 Å². The van der Waals surface area contributed by atoms with Crippen molar-refractivity contribution in [1.82, 2.24) is 0 Å². The monoisotopic (exact) mass is 439 g/mol. The number of hydrogen-bond donors (Lipinski definition) is 1. The first-order chi connectivity index (χ1) is 11.6. The van der Waals surface area contributed by atoms with Crippen molar-refractivity contribution in [2.75, 3.05) is 26.1 Å². The van der Waals surface area contributed by atoms with E-state index in [4.69, 9.17) is 14.2 Å². The van der Waals surface area contributed by atoms with Gasteiger partial charge in [-0.15, -0.1) is 0 Å². The Balaban J connectivity index is 2.22. The summed E-state index contributed by atoms with van der Waals surface area (Å²) in [5.74, 6) is 1.51. The predicted molar refractivity (Wildman–Crippen MR) is 102 cm³/mol. The van der Waals surface area contributed by atoms with E-state index in [1.165, 1.54) is 7.11 Å². The van der Waals surface area contributed by atoms with Crippen molar-refractivity contribution in [3.05, 3.63) is 58.2 Å². The van der Waals surface area contributed by atoms with Crippen LogP contribution in [0.5, 0.6) is 17.2 Å². The van der Waals surface area contributed by atoms with E-state index < -0.39 is 0 Å². The Labute approximate surface area is 154 Å². The third-order valence-corrected chi connectivity index (χ3v) is 4.07. The molecule has 1 N–H and O–H groups in total. The highest BCUT2D eigenvalue weighted by molar-refractivity contribution is 14.1. The lowest BCUT2D eigenvalue weighted by molar-refractivity contribution is 0.102. The van der Waals surface area contributed by atoms with Gasteiger partial charge in [-0.3, -0.25) is 4.79 Å². The van der Waals surface area contributed by atoms with Crippen LogP contribution in [0.4, 0.5) is 5.69 Å². The number of ether oxygens (including phenoxy) is 3. The molecule has 2 rings (SSSR count). The molecule has 126 valence electrons. The fourth-order valence-corrected chi connectivity index (χ4v) is 2.73. The third-order valence-electron chi connectivity index (χ3n) is 3.18. The molecule has 0 spiro atoms. The van der Waals surface area contributed by atoms with Crippen LogP contribution < -0.4 is 19.5 Å². The van der Waals surface area contributed by atoms with Gasteiger partial charge in [-0.2, -0.15) is 0 Å². The minimum atomic E-state index is -0.235. The molecule has 0 fully saturated rings. The van der Waals surface area contributed by atoms with E-state index in [1.54, 1.807) is 37.5 Å². The lowest BCUT2D eigenvalue weighted by atomic mass is 10.1. The van der Waals surface area contributed by atoms with E-state index in [0.717, 1.165) is 3.57 Å². The summed E-state index contributed by atoms with van der Waals surface area (Å²) in [5, 5.41) is 2.86. The van der Waals surface area contributed by atoms with Crippen molar-refractivity contribution >= 4 is 34.2 Å². The second kappa shape index (κ2) is 8.58.